The van der Waals surface area contributed by atoms with Gasteiger partial charge in [-0.2, -0.15) is 13.2 Å². The standard InChI is InChI=1S/C18H20ClF3N2/c1-2-11-3-6-13(7-4-11)23-16-10-17(18(20,21)22)24-15-8-5-12(19)9-14(15)16/h5,8-11,13H,2-4,6-7H2,1H3,(H,23,24). The minimum atomic E-state index is -4.47. The molecule has 1 fully saturated rings. The van der Waals surface area contributed by atoms with Crippen LogP contribution in [-0.4, -0.2) is 11.0 Å². The molecule has 0 unspecified atom stereocenters. The first-order valence-corrected chi connectivity index (χ1v) is 8.68. The highest BCUT2D eigenvalue weighted by Crippen LogP contribution is 2.36. The molecule has 1 heterocycles. The van der Waals surface area contributed by atoms with E-state index < -0.39 is 11.9 Å². The Labute approximate surface area is 144 Å². The van der Waals surface area contributed by atoms with Crippen LogP contribution in [0.1, 0.15) is 44.7 Å². The van der Waals surface area contributed by atoms with E-state index in [1.807, 2.05) is 0 Å². The minimum absolute atomic E-state index is 0.193. The summed E-state index contributed by atoms with van der Waals surface area (Å²) < 4.78 is 39.4. The minimum Gasteiger partial charge on any atom is -0.382 e. The maximum Gasteiger partial charge on any atom is 0.433 e. The molecule has 1 saturated carbocycles. The molecule has 24 heavy (non-hydrogen) atoms. The number of alkyl halides is 3. The van der Waals surface area contributed by atoms with Gasteiger partial charge in [-0.15, -0.1) is 0 Å². The van der Waals surface area contributed by atoms with Crippen molar-refractivity contribution in [3.63, 3.8) is 0 Å². The van der Waals surface area contributed by atoms with E-state index in [0.29, 0.717) is 21.6 Å². The molecule has 130 valence electrons. The summed E-state index contributed by atoms with van der Waals surface area (Å²) in [4.78, 5) is 3.74. The summed E-state index contributed by atoms with van der Waals surface area (Å²) >= 11 is 6.02. The number of nitrogens with zero attached hydrogens (tertiary/aromatic N) is 1. The number of hydrogen-bond acceptors (Lipinski definition) is 2. The molecule has 0 radical (unpaired) electrons. The fourth-order valence-corrected chi connectivity index (χ4v) is 3.57. The van der Waals surface area contributed by atoms with Gasteiger partial charge in [-0.25, -0.2) is 4.98 Å². The topological polar surface area (TPSA) is 24.9 Å². The van der Waals surface area contributed by atoms with E-state index in [0.717, 1.165) is 37.7 Å². The molecule has 1 aromatic carbocycles. The first kappa shape index (κ1) is 17.3. The zero-order valence-corrected chi connectivity index (χ0v) is 14.2. The highest BCUT2D eigenvalue weighted by molar-refractivity contribution is 6.31. The third-order valence-corrected chi connectivity index (χ3v) is 5.08. The Morgan fingerprint density at radius 2 is 1.88 bits per heavy atom. The predicted octanol–water partition coefficient (Wildman–Crippen LogP) is 6.29. The Bertz CT molecular complexity index is 722. The van der Waals surface area contributed by atoms with Crippen LogP contribution in [0, 0.1) is 5.92 Å². The Morgan fingerprint density at radius 1 is 1.17 bits per heavy atom. The lowest BCUT2D eigenvalue weighted by atomic mass is 9.84. The van der Waals surface area contributed by atoms with Crippen molar-refractivity contribution < 1.29 is 13.2 Å². The number of pyridine rings is 1. The molecule has 0 bridgehead atoms. The van der Waals surface area contributed by atoms with Crippen molar-refractivity contribution >= 4 is 28.2 Å². The number of aromatic nitrogens is 1. The molecular weight excluding hydrogens is 337 g/mol. The largest absolute Gasteiger partial charge is 0.433 e. The second kappa shape index (κ2) is 6.79. The van der Waals surface area contributed by atoms with E-state index >= 15 is 0 Å². The van der Waals surface area contributed by atoms with Crippen molar-refractivity contribution in [2.24, 2.45) is 5.92 Å². The van der Waals surface area contributed by atoms with Crippen molar-refractivity contribution in [1.82, 2.24) is 4.98 Å². The molecule has 1 aliphatic rings. The first-order chi connectivity index (χ1) is 11.4. The van der Waals surface area contributed by atoms with Gasteiger partial charge in [0.2, 0.25) is 0 Å². The van der Waals surface area contributed by atoms with E-state index in [1.165, 1.54) is 12.5 Å². The van der Waals surface area contributed by atoms with Crippen molar-refractivity contribution in [1.29, 1.82) is 0 Å². The van der Waals surface area contributed by atoms with Crippen LogP contribution in [-0.2, 0) is 6.18 Å². The van der Waals surface area contributed by atoms with Crippen molar-refractivity contribution in [2.45, 2.75) is 51.2 Å². The van der Waals surface area contributed by atoms with Crippen LogP contribution >= 0.6 is 11.6 Å². The van der Waals surface area contributed by atoms with Crippen molar-refractivity contribution in [2.75, 3.05) is 5.32 Å². The number of anilines is 1. The number of rotatable bonds is 3. The van der Waals surface area contributed by atoms with E-state index in [-0.39, 0.29) is 6.04 Å². The van der Waals surface area contributed by atoms with E-state index in [4.69, 9.17) is 11.6 Å². The molecule has 0 atom stereocenters. The molecule has 1 N–H and O–H groups in total. The summed E-state index contributed by atoms with van der Waals surface area (Å²) in [6.07, 6.45) is 0.880. The third-order valence-electron chi connectivity index (χ3n) is 4.84. The maximum absolute atomic E-state index is 13.1. The lowest BCUT2D eigenvalue weighted by Crippen LogP contribution is -2.26. The quantitative estimate of drug-likeness (QED) is 0.699. The normalized spacial score (nSPS) is 21.9. The Hall–Kier alpha value is -1.49. The summed E-state index contributed by atoms with van der Waals surface area (Å²) in [6, 6.07) is 6.06. The first-order valence-electron chi connectivity index (χ1n) is 8.31. The van der Waals surface area contributed by atoms with Gasteiger partial charge in [-0.1, -0.05) is 24.9 Å². The molecule has 1 aliphatic carbocycles. The van der Waals surface area contributed by atoms with E-state index in [2.05, 4.69) is 17.2 Å². The van der Waals surface area contributed by atoms with Gasteiger partial charge in [-0.05, 0) is 55.9 Å². The lowest BCUT2D eigenvalue weighted by molar-refractivity contribution is -0.140. The van der Waals surface area contributed by atoms with Crippen LogP contribution in [0.15, 0.2) is 24.3 Å². The Kier molecular flexibility index (Phi) is 4.90. The van der Waals surface area contributed by atoms with Gasteiger partial charge in [0.05, 0.1) is 5.52 Å². The number of benzene rings is 1. The van der Waals surface area contributed by atoms with Crippen molar-refractivity contribution in [3.8, 4) is 0 Å². The number of hydrogen-bond donors (Lipinski definition) is 1. The van der Waals surface area contributed by atoms with Gasteiger partial charge in [0.1, 0.15) is 5.69 Å². The number of fused-ring (bicyclic) bond motifs is 1. The average molecular weight is 357 g/mol. The summed E-state index contributed by atoms with van der Waals surface area (Å²) in [5, 5.41) is 4.43. The molecule has 0 saturated heterocycles. The van der Waals surface area contributed by atoms with Crippen LogP contribution in [0.4, 0.5) is 18.9 Å². The summed E-state index contributed by atoms with van der Waals surface area (Å²) in [5.41, 5.74) is -0.101. The number of halogens is 4. The van der Waals surface area contributed by atoms with Gasteiger partial charge < -0.3 is 5.32 Å². The summed E-state index contributed by atoms with van der Waals surface area (Å²) in [5.74, 6) is 0.734. The monoisotopic (exact) mass is 356 g/mol. The molecule has 6 heteroatoms. The zero-order valence-electron chi connectivity index (χ0n) is 13.5. The predicted molar refractivity (Wildman–Crippen MR) is 91.4 cm³/mol. The average Bonchev–Trinajstić information content (AvgIpc) is 2.55. The van der Waals surface area contributed by atoms with Crippen molar-refractivity contribution in [3.05, 3.63) is 35.0 Å². The van der Waals surface area contributed by atoms with Crippen LogP contribution in [0.25, 0.3) is 10.9 Å². The van der Waals surface area contributed by atoms with Gasteiger partial charge in [0.15, 0.2) is 0 Å². The van der Waals surface area contributed by atoms with E-state index in [9.17, 15) is 13.2 Å². The lowest BCUT2D eigenvalue weighted by Gasteiger charge is -2.29. The molecule has 0 spiro atoms. The van der Waals surface area contributed by atoms with Gasteiger partial charge >= 0.3 is 6.18 Å². The smallest absolute Gasteiger partial charge is 0.382 e. The van der Waals surface area contributed by atoms with Crippen LogP contribution < -0.4 is 5.32 Å². The van der Waals surface area contributed by atoms with Crippen LogP contribution in [0.3, 0.4) is 0 Å². The Morgan fingerprint density at radius 3 is 2.50 bits per heavy atom. The second-order valence-corrected chi connectivity index (χ2v) is 6.92. The summed E-state index contributed by atoms with van der Waals surface area (Å²) in [7, 11) is 0. The molecule has 0 aliphatic heterocycles. The highest BCUT2D eigenvalue weighted by Gasteiger charge is 2.33. The van der Waals surface area contributed by atoms with Gasteiger partial charge in [-0.3, -0.25) is 0 Å². The molecule has 1 aromatic heterocycles. The second-order valence-electron chi connectivity index (χ2n) is 6.48. The Balaban J connectivity index is 1.94. The van der Waals surface area contributed by atoms with Gasteiger partial charge in [0, 0.05) is 22.1 Å². The molecule has 2 aromatic rings. The fraction of sp³-hybridized carbons (Fsp3) is 0.500. The summed E-state index contributed by atoms with van der Waals surface area (Å²) in [6.45, 7) is 2.19. The SMILES string of the molecule is CCC1CCC(Nc2cc(C(F)(F)F)nc3ccc(Cl)cc23)CC1. The molecule has 0 amide bonds. The third kappa shape index (κ3) is 3.77. The van der Waals surface area contributed by atoms with Gasteiger partial charge in [0.25, 0.3) is 0 Å². The maximum atomic E-state index is 13.1. The zero-order chi connectivity index (χ0) is 17.3. The number of nitrogens with one attached hydrogen (secondary N) is 1. The molecule has 3 rings (SSSR count). The highest BCUT2D eigenvalue weighted by atomic mass is 35.5. The molecule has 2 nitrogen and oxygen atoms in total. The van der Waals surface area contributed by atoms with E-state index in [1.54, 1.807) is 12.1 Å². The fourth-order valence-electron chi connectivity index (χ4n) is 3.40. The van der Waals surface area contributed by atoms with Crippen LogP contribution in [0.5, 0.6) is 0 Å². The molecular formula is C18H20ClF3N2. The van der Waals surface area contributed by atoms with Crippen LogP contribution in [0.2, 0.25) is 5.02 Å².